The quantitative estimate of drug-likeness (QED) is 0.656. The lowest BCUT2D eigenvalue weighted by atomic mass is 10.0. The third-order valence-corrected chi connectivity index (χ3v) is 4.68. The van der Waals surface area contributed by atoms with Crippen LogP contribution in [0.25, 0.3) is 0 Å². The highest BCUT2D eigenvalue weighted by molar-refractivity contribution is 6.30. The number of carbonyl (C=O) groups excluding carboxylic acids is 1. The highest BCUT2D eigenvalue weighted by Gasteiger charge is 2.22. The Hall–Kier alpha value is -2.60. The minimum atomic E-state index is -0.273. The molecule has 1 unspecified atom stereocenters. The predicted molar refractivity (Wildman–Crippen MR) is 104 cm³/mol. The lowest BCUT2D eigenvalue weighted by molar-refractivity contribution is 0.0929. The van der Waals surface area contributed by atoms with E-state index >= 15 is 0 Å². The summed E-state index contributed by atoms with van der Waals surface area (Å²) in [5.41, 5.74) is 3.31. The molecule has 1 atom stereocenters. The average molecular weight is 387 g/mol. The Bertz CT molecular complexity index is 914. The van der Waals surface area contributed by atoms with Crippen molar-refractivity contribution in [1.29, 1.82) is 0 Å². The van der Waals surface area contributed by atoms with Crippen LogP contribution in [-0.4, -0.2) is 20.8 Å². The van der Waals surface area contributed by atoms with E-state index in [0.29, 0.717) is 22.9 Å². The summed E-state index contributed by atoms with van der Waals surface area (Å²) in [5.74, 6) is 0.314. The second kappa shape index (κ2) is 8.39. The zero-order valence-electron chi connectivity index (χ0n) is 15.7. The number of halogens is 1. The fraction of sp³-hybridized carbons (Fsp3) is 0.350. The SMILES string of the molecule is CCCc1ccc(C(C)NC(=O)c2noc(C)c2Cn2cc(Cl)cn2)cc1. The van der Waals surface area contributed by atoms with E-state index in [2.05, 4.69) is 46.8 Å². The monoisotopic (exact) mass is 386 g/mol. The Morgan fingerprint density at radius 2 is 2.07 bits per heavy atom. The molecular formula is C20H23ClN4O2. The summed E-state index contributed by atoms with van der Waals surface area (Å²) in [5, 5.41) is 11.6. The van der Waals surface area contributed by atoms with Gasteiger partial charge in [-0.2, -0.15) is 5.10 Å². The van der Waals surface area contributed by atoms with Crippen LogP contribution in [0.15, 0.2) is 41.2 Å². The van der Waals surface area contributed by atoms with E-state index in [1.165, 1.54) is 5.56 Å². The van der Waals surface area contributed by atoms with Gasteiger partial charge < -0.3 is 9.84 Å². The molecule has 0 aliphatic carbocycles. The highest BCUT2D eigenvalue weighted by atomic mass is 35.5. The first-order valence-electron chi connectivity index (χ1n) is 9.00. The van der Waals surface area contributed by atoms with Crippen molar-refractivity contribution in [3.63, 3.8) is 0 Å². The molecule has 0 aliphatic heterocycles. The largest absolute Gasteiger partial charge is 0.361 e. The van der Waals surface area contributed by atoms with Gasteiger partial charge in [-0.1, -0.05) is 54.4 Å². The number of hydrogen-bond donors (Lipinski definition) is 1. The molecule has 0 spiro atoms. The average Bonchev–Trinajstić information content (AvgIpc) is 3.22. The Balaban J connectivity index is 1.72. The van der Waals surface area contributed by atoms with Crippen LogP contribution in [0.1, 0.15) is 59.2 Å². The molecular weight excluding hydrogens is 364 g/mol. The van der Waals surface area contributed by atoms with Gasteiger partial charge in [-0.15, -0.1) is 0 Å². The van der Waals surface area contributed by atoms with Crippen LogP contribution in [0.3, 0.4) is 0 Å². The van der Waals surface area contributed by atoms with Gasteiger partial charge in [-0.25, -0.2) is 0 Å². The zero-order chi connectivity index (χ0) is 19.4. The summed E-state index contributed by atoms with van der Waals surface area (Å²) < 4.78 is 6.89. The maximum Gasteiger partial charge on any atom is 0.274 e. The van der Waals surface area contributed by atoms with E-state index in [-0.39, 0.29) is 17.6 Å². The summed E-state index contributed by atoms with van der Waals surface area (Å²) in [6.45, 7) is 6.25. The van der Waals surface area contributed by atoms with Gasteiger partial charge in [0.15, 0.2) is 5.69 Å². The molecule has 1 N–H and O–H groups in total. The first-order chi connectivity index (χ1) is 13.0. The van der Waals surface area contributed by atoms with E-state index in [4.69, 9.17) is 16.1 Å². The molecule has 142 valence electrons. The van der Waals surface area contributed by atoms with E-state index in [1.807, 2.05) is 6.92 Å². The number of benzene rings is 1. The molecule has 0 fully saturated rings. The third kappa shape index (κ3) is 4.57. The number of aryl methyl sites for hydroxylation is 2. The molecule has 2 aromatic heterocycles. The standard InChI is InChI=1S/C20H23ClN4O2/c1-4-5-15-6-8-16(9-7-15)13(2)23-20(26)19-18(14(3)27-24-19)12-25-11-17(21)10-22-25/h6-11,13H,4-5,12H2,1-3H3,(H,23,26). The summed E-state index contributed by atoms with van der Waals surface area (Å²) in [7, 11) is 0. The molecule has 2 heterocycles. The number of nitrogens with one attached hydrogen (secondary N) is 1. The molecule has 0 saturated heterocycles. The fourth-order valence-corrected chi connectivity index (χ4v) is 3.11. The normalized spacial score (nSPS) is 12.1. The van der Waals surface area contributed by atoms with Gasteiger partial charge in [0.05, 0.1) is 23.8 Å². The van der Waals surface area contributed by atoms with Crippen molar-refractivity contribution in [2.24, 2.45) is 0 Å². The number of carbonyl (C=O) groups is 1. The van der Waals surface area contributed by atoms with Crippen molar-refractivity contribution in [3.8, 4) is 0 Å². The maximum atomic E-state index is 12.7. The fourth-order valence-electron chi connectivity index (χ4n) is 2.95. The van der Waals surface area contributed by atoms with Gasteiger partial charge in [-0.3, -0.25) is 9.48 Å². The van der Waals surface area contributed by atoms with Gasteiger partial charge in [0.2, 0.25) is 0 Å². The zero-order valence-corrected chi connectivity index (χ0v) is 16.5. The van der Waals surface area contributed by atoms with Crippen molar-refractivity contribution >= 4 is 17.5 Å². The third-order valence-electron chi connectivity index (χ3n) is 4.49. The number of rotatable bonds is 7. The molecule has 6 nitrogen and oxygen atoms in total. The van der Waals surface area contributed by atoms with Crippen LogP contribution in [0.5, 0.6) is 0 Å². The highest BCUT2D eigenvalue weighted by Crippen LogP contribution is 2.19. The van der Waals surface area contributed by atoms with Gasteiger partial charge in [-0.05, 0) is 31.4 Å². The number of hydrogen-bond acceptors (Lipinski definition) is 4. The van der Waals surface area contributed by atoms with E-state index in [0.717, 1.165) is 18.4 Å². The molecule has 0 bridgehead atoms. The van der Waals surface area contributed by atoms with E-state index in [1.54, 1.807) is 24.0 Å². The Labute approximate surface area is 163 Å². The summed E-state index contributed by atoms with van der Waals surface area (Å²) in [6.07, 6.45) is 5.41. The van der Waals surface area contributed by atoms with Crippen LogP contribution in [0.2, 0.25) is 5.02 Å². The van der Waals surface area contributed by atoms with Crippen LogP contribution in [0.4, 0.5) is 0 Å². The van der Waals surface area contributed by atoms with Crippen molar-refractivity contribution in [2.75, 3.05) is 0 Å². The van der Waals surface area contributed by atoms with Crippen molar-refractivity contribution < 1.29 is 9.32 Å². The number of aromatic nitrogens is 3. The maximum absolute atomic E-state index is 12.7. The summed E-state index contributed by atoms with van der Waals surface area (Å²) in [4.78, 5) is 12.7. The molecule has 7 heteroatoms. The molecule has 1 aromatic carbocycles. The van der Waals surface area contributed by atoms with Gasteiger partial charge in [0, 0.05) is 11.8 Å². The first kappa shape index (κ1) is 19.2. The molecule has 3 aromatic rings. The van der Waals surface area contributed by atoms with Crippen molar-refractivity contribution in [2.45, 2.75) is 46.2 Å². The molecule has 0 saturated carbocycles. The summed E-state index contributed by atoms with van der Waals surface area (Å²) >= 11 is 5.91. The van der Waals surface area contributed by atoms with Gasteiger partial charge in [0.1, 0.15) is 5.76 Å². The number of amides is 1. The molecule has 27 heavy (non-hydrogen) atoms. The lowest BCUT2D eigenvalue weighted by Gasteiger charge is -2.14. The van der Waals surface area contributed by atoms with Gasteiger partial charge >= 0.3 is 0 Å². The van der Waals surface area contributed by atoms with Crippen LogP contribution < -0.4 is 5.32 Å². The van der Waals surface area contributed by atoms with Crippen molar-refractivity contribution in [1.82, 2.24) is 20.3 Å². The van der Waals surface area contributed by atoms with Crippen LogP contribution in [-0.2, 0) is 13.0 Å². The molecule has 0 aliphatic rings. The Morgan fingerprint density at radius 1 is 1.33 bits per heavy atom. The first-order valence-corrected chi connectivity index (χ1v) is 9.38. The minimum Gasteiger partial charge on any atom is -0.361 e. The molecule has 3 rings (SSSR count). The number of nitrogens with zero attached hydrogens (tertiary/aromatic N) is 3. The second-order valence-corrected chi connectivity index (χ2v) is 7.05. The lowest BCUT2D eigenvalue weighted by Crippen LogP contribution is -2.28. The van der Waals surface area contributed by atoms with Crippen LogP contribution >= 0.6 is 11.6 Å². The minimum absolute atomic E-state index is 0.141. The Morgan fingerprint density at radius 3 is 2.70 bits per heavy atom. The second-order valence-electron chi connectivity index (χ2n) is 6.61. The van der Waals surface area contributed by atoms with Gasteiger partial charge in [0.25, 0.3) is 5.91 Å². The topological polar surface area (TPSA) is 73.0 Å². The van der Waals surface area contributed by atoms with E-state index < -0.39 is 0 Å². The van der Waals surface area contributed by atoms with Crippen molar-refractivity contribution in [3.05, 3.63) is 69.8 Å². The molecule has 0 radical (unpaired) electrons. The Kier molecular flexibility index (Phi) is 5.96. The predicted octanol–water partition coefficient (Wildman–Crippen LogP) is 4.32. The van der Waals surface area contributed by atoms with Crippen LogP contribution in [0, 0.1) is 6.92 Å². The smallest absolute Gasteiger partial charge is 0.274 e. The summed E-state index contributed by atoms with van der Waals surface area (Å²) in [6, 6.07) is 8.17. The van der Waals surface area contributed by atoms with E-state index in [9.17, 15) is 4.79 Å². The molecule has 1 amide bonds.